The van der Waals surface area contributed by atoms with Crippen molar-refractivity contribution in [3.63, 3.8) is 0 Å². The Morgan fingerprint density at radius 3 is 2.76 bits per heavy atom. The normalized spacial score (nSPS) is 17.7. The summed E-state index contributed by atoms with van der Waals surface area (Å²) in [7, 11) is 0. The lowest BCUT2D eigenvalue weighted by molar-refractivity contribution is 0.363. The number of phenolic OH excluding ortho intramolecular Hbond substituents is 1. The fourth-order valence-corrected chi connectivity index (χ4v) is 2.33. The van der Waals surface area contributed by atoms with E-state index in [1.165, 1.54) is 32.1 Å². The number of benzene rings is 1. The predicted octanol–water partition coefficient (Wildman–Crippen LogP) is 4.36. The minimum atomic E-state index is 0.250. The average molecular weight is 232 g/mol. The molecule has 0 heterocycles. The molecule has 0 amide bonds. The van der Waals surface area contributed by atoms with Crippen LogP contribution < -0.4 is 0 Å². The van der Waals surface area contributed by atoms with Crippen molar-refractivity contribution in [3.05, 3.63) is 23.8 Å². The molecular weight excluding hydrogens is 212 g/mol. The zero-order valence-electron chi connectivity index (χ0n) is 10.4. The van der Waals surface area contributed by atoms with Crippen LogP contribution in [0.25, 0.3) is 0 Å². The van der Waals surface area contributed by atoms with E-state index in [4.69, 9.17) is 0 Å². The fourth-order valence-electron chi connectivity index (χ4n) is 2.33. The van der Waals surface area contributed by atoms with Crippen molar-refractivity contribution >= 4 is 5.69 Å². The maximum absolute atomic E-state index is 9.78. The van der Waals surface area contributed by atoms with Crippen molar-refractivity contribution in [1.29, 1.82) is 0 Å². The Kier molecular flexibility index (Phi) is 4.13. The second kappa shape index (κ2) is 5.80. The average Bonchev–Trinajstić information content (AvgIpc) is 2.36. The van der Waals surface area contributed by atoms with Gasteiger partial charge in [-0.15, -0.1) is 0 Å². The first kappa shape index (κ1) is 12.1. The maximum Gasteiger partial charge on any atom is 0.145 e. The van der Waals surface area contributed by atoms with E-state index < -0.39 is 0 Å². The van der Waals surface area contributed by atoms with E-state index in [-0.39, 0.29) is 5.75 Å². The van der Waals surface area contributed by atoms with Crippen LogP contribution in [0, 0.1) is 12.8 Å². The van der Waals surface area contributed by atoms with Gasteiger partial charge in [0.1, 0.15) is 11.4 Å². The highest BCUT2D eigenvalue weighted by molar-refractivity contribution is 5.54. The number of aryl methyl sites for hydroxylation is 1. The zero-order chi connectivity index (χ0) is 12.1. The Hall–Kier alpha value is -1.38. The Bertz CT molecular complexity index is 395. The molecule has 0 bridgehead atoms. The van der Waals surface area contributed by atoms with Gasteiger partial charge in [-0.25, -0.2) is 0 Å². The van der Waals surface area contributed by atoms with Gasteiger partial charge in [0, 0.05) is 0 Å². The summed E-state index contributed by atoms with van der Waals surface area (Å²) < 4.78 is 0. The van der Waals surface area contributed by atoms with Crippen LogP contribution in [-0.4, -0.2) is 11.7 Å². The molecule has 1 aromatic rings. The maximum atomic E-state index is 9.78. The summed E-state index contributed by atoms with van der Waals surface area (Å²) in [6, 6.07) is 5.56. The second-order valence-corrected chi connectivity index (χ2v) is 4.87. The molecule has 2 rings (SSSR count). The zero-order valence-corrected chi connectivity index (χ0v) is 10.4. The van der Waals surface area contributed by atoms with Crippen LogP contribution in [0.2, 0.25) is 0 Å². The molecule has 3 heteroatoms. The van der Waals surface area contributed by atoms with Gasteiger partial charge in [-0.1, -0.05) is 31.4 Å². The number of phenols is 1. The van der Waals surface area contributed by atoms with Crippen molar-refractivity contribution in [1.82, 2.24) is 0 Å². The first-order valence-corrected chi connectivity index (χ1v) is 6.43. The minimum absolute atomic E-state index is 0.250. The highest BCUT2D eigenvalue weighted by Crippen LogP contribution is 2.30. The van der Waals surface area contributed by atoms with Gasteiger partial charge in [0.05, 0.1) is 6.54 Å². The van der Waals surface area contributed by atoms with Crippen LogP contribution in [0.5, 0.6) is 5.75 Å². The Morgan fingerprint density at radius 2 is 2.00 bits per heavy atom. The monoisotopic (exact) mass is 232 g/mol. The second-order valence-electron chi connectivity index (χ2n) is 4.87. The Labute approximate surface area is 103 Å². The van der Waals surface area contributed by atoms with Crippen LogP contribution in [0.3, 0.4) is 0 Å². The van der Waals surface area contributed by atoms with Crippen LogP contribution in [-0.2, 0) is 0 Å². The van der Waals surface area contributed by atoms with E-state index >= 15 is 0 Å². The third-order valence-electron chi connectivity index (χ3n) is 3.46. The molecule has 0 aromatic heterocycles. The van der Waals surface area contributed by atoms with E-state index in [0.29, 0.717) is 11.6 Å². The molecule has 0 unspecified atom stereocenters. The van der Waals surface area contributed by atoms with Crippen molar-refractivity contribution in [2.45, 2.75) is 39.0 Å². The molecule has 1 aromatic carbocycles. The largest absolute Gasteiger partial charge is 0.505 e. The van der Waals surface area contributed by atoms with Gasteiger partial charge in [-0.05, 0) is 37.3 Å². The van der Waals surface area contributed by atoms with Crippen LogP contribution in [0.15, 0.2) is 28.4 Å². The summed E-state index contributed by atoms with van der Waals surface area (Å²) in [6.07, 6.45) is 6.58. The standard InChI is InChI=1S/C14H20N2O/c1-11-6-5-9-13(14(11)17)16-15-10-12-7-3-2-4-8-12/h5-6,9,12,17H,2-4,7-8,10H2,1H3. The Balaban J connectivity index is 1.93. The lowest BCUT2D eigenvalue weighted by Crippen LogP contribution is -2.08. The van der Waals surface area contributed by atoms with E-state index in [9.17, 15) is 5.11 Å². The molecule has 3 nitrogen and oxygen atoms in total. The summed E-state index contributed by atoms with van der Waals surface area (Å²) in [5.41, 5.74) is 1.43. The third-order valence-corrected chi connectivity index (χ3v) is 3.46. The van der Waals surface area contributed by atoms with Gasteiger partial charge in [-0.3, -0.25) is 0 Å². The first-order valence-electron chi connectivity index (χ1n) is 6.43. The number of hydrogen-bond donors (Lipinski definition) is 1. The lowest BCUT2D eigenvalue weighted by atomic mass is 9.89. The van der Waals surface area contributed by atoms with Gasteiger partial charge in [0.15, 0.2) is 0 Å². The number of aromatic hydroxyl groups is 1. The van der Waals surface area contributed by atoms with E-state index in [1.54, 1.807) is 6.07 Å². The molecular formula is C14H20N2O. The van der Waals surface area contributed by atoms with Crippen molar-refractivity contribution in [3.8, 4) is 5.75 Å². The van der Waals surface area contributed by atoms with Gasteiger partial charge in [0.2, 0.25) is 0 Å². The molecule has 0 aliphatic heterocycles. The predicted molar refractivity (Wildman–Crippen MR) is 68.8 cm³/mol. The number of para-hydroxylation sites is 1. The quantitative estimate of drug-likeness (QED) is 0.773. The summed E-state index contributed by atoms with van der Waals surface area (Å²) >= 11 is 0. The number of azo groups is 1. The highest BCUT2D eigenvalue weighted by atomic mass is 16.3. The minimum Gasteiger partial charge on any atom is -0.505 e. The molecule has 1 aliphatic carbocycles. The molecule has 92 valence electrons. The summed E-state index contributed by atoms with van der Waals surface area (Å²) in [6.45, 7) is 2.67. The summed E-state index contributed by atoms with van der Waals surface area (Å²) in [4.78, 5) is 0. The number of hydrogen-bond acceptors (Lipinski definition) is 3. The molecule has 1 saturated carbocycles. The third kappa shape index (κ3) is 3.29. The first-order chi connectivity index (χ1) is 8.27. The molecule has 0 atom stereocenters. The molecule has 0 saturated heterocycles. The van der Waals surface area contributed by atoms with E-state index in [0.717, 1.165) is 12.1 Å². The highest BCUT2D eigenvalue weighted by Gasteiger charge is 2.12. The van der Waals surface area contributed by atoms with Crippen molar-refractivity contribution < 1.29 is 5.11 Å². The van der Waals surface area contributed by atoms with Crippen LogP contribution in [0.1, 0.15) is 37.7 Å². The fraction of sp³-hybridized carbons (Fsp3) is 0.571. The molecule has 0 spiro atoms. The van der Waals surface area contributed by atoms with Gasteiger partial charge in [-0.2, -0.15) is 10.2 Å². The number of rotatable bonds is 3. The molecule has 1 aliphatic rings. The van der Waals surface area contributed by atoms with E-state index in [1.807, 2.05) is 19.1 Å². The van der Waals surface area contributed by atoms with Gasteiger partial charge >= 0.3 is 0 Å². The SMILES string of the molecule is Cc1cccc(N=NCC2CCCCC2)c1O. The Morgan fingerprint density at radius 1 is 1.24 bits per heavy atom. The van der Waals surface area contributed by atoms with Crippen molar-refractivity contribution in [2.75, 3.05) is 6.54 Å². The van der Waals surface area contributed by atoms with Crippen LogP contribution >= 0.6 is 0 Å². The summed E-state index contributed by atoms with van der Waals surface area (Å²) in [5, 5.41) is 18.1. The topological polar surface area (TPSA) is 45.0 Å². The lowest BCUT2D eigenvalue weighted by Gasteiger charge is -2.18. The van der Waals surface area contributed by atoms with Crippen molar-refractivity contribution in [2.24, 2.45) is 16.1 Å². The van der Waals surface area contributed by atoms with Crippen LogP contribution in [0.4, 0.5) is 5.69 Å². The molecule has 17 heavy (non-hydrogen) atoms. The smallest absolute Gasteiger partial charge is 0.145 e. The molecule has 0 radical (unpaired) electrons. The van der Waals surface area contributed by atoms with Gasteiger partial charge < -0.3 is 5.11 Å². The molecule has 1 fully saturated rings. The molecule has 1 N–H and O–H groups in total. The van der Waals surface area contributed by atoms with E-state index in [2.05, 4.69) is 10.2 Å². The summed E-state index contributed by atoms with van der Waals surface area (Å²) in [5.74, 6) is 0.944. The number of nitrogens with zero attached hydrogens (tertiary/aromatic N) is 2. The van der Waals surface area contributed by atoms with Gasteiger partial charge in [0.25, 0.3) is 0 Å².